The Balaban J connectivity index is 2.25. The number of rotatable bonds is 9. The number of hydrogen-bond donors (Lipinski definition) is 1. The van der Waals surface area contributed by atoms with Crippen LogP contribution in [0.5, 0.6) is 0 Å². The molecule has 1 saturated heterocycles. The lowest BCUT2D eigenvalue weighted by atomic mass is 9.81. The average molecular weight is 389 g/mol. The van der Waals surface area contributed by atoms with Crippen molar-refractivity contribution in [1.82, 2.24) is 10.2 Å². The molecule has 0 radical (unpaired) electrons. The quantitative estimate of drug-likeness (QED) is 0.660. The molecule has 6 heteroatoms. The highest BCUT2D eigenvalue weighted by Gasteiger charge is 2.53. The van der Waals surface area contributed by atoms with Crippen molar-refractivity contribution in [2.45, 2.75) is 65.0 Å². The molecule has 0 saturated carbocycles. The lowest BCUT2D eigenvalue weighted by Crippen LogP contribution is -2.59. The van der Waals surface area contributed by atoms with Gasteiger partial charge in [-0.15, -0.1) is 0 Å². The maximum atomic E-state index is 13.4. The van der Waals surface area contributed by atoms with Crippen LogP contribution in [0.1, 0.15) is 52.5 Å². The molecule has 28 heavy (non-hydrogen) atoms. The van der Waals surface area contributed by atoms with Gasteiger partial charge in [0.1, 0.15) is 11.6 Å². The van der Waals surface area contributed by atoms with Crippen LogP contribution >= 0.6 is 0 Å². The van der Waals surface area contributed by atoms with Gasteiger partial charge >= 0.3 is 5.97 Å². The first kappa shape index (κ1) is 21.9. The number of esters is 1. The highest BCUT2D eigenvalue weighted by Crippen LogP contribution is 2.34. The smallest absolute Gasteiger partial charge is 0.328 e. The van der Waals surface area contributed by atoms with Crippen molar-refractivity contribution in [3.63, 3.8) is 0 Å². The standard InChI is InChI=1S/C22H32N2O4/c1-5-16(3)22(23-17(4)25)14-15-24(21(22)27)19(20(26)28-6-2)13-12-18-10-8-7-9-11-18/h7-11,16,19H,5-6,12-15H2,1-4H3,(H,23,25)/t16-,19+,22+/m1/s1. The summed E-state index contributed by atoms with van der Waals surface area (Å²) in [5, 5.41) is 2.90. The molecular weight excluding hydrogens is 356 g/mol. The molecule has 1 aliphatic heterocycles. The number of carbonyl (C=O) groups excluding carboxylic acids is 3. The highest BCUT2D eigenvalue weighted by molar-refractivity contribution is 5.95. The fraction of sp³-hybridized carbons (Fsp3) is 0.591. The van der Waals surface area contributed by atoms with Gasteiger partial charge in [0.25, 0.3) is 0 Å². The van der Waals surface area contributed by atoms with Crippen molar-refractivity contribution >= 4 is 17.8 Å². The molecule has 0 unspecified atom stereocenters. The van der Waals surface area contributed by atoms with Crippen LogP contribution in [0.3, 0.4) is 0 Å². The number of hydrogen-bond acceptors (Lipinski definition) is 4. The van der Waals surface area contributed by atoms with E-state index in [1.165, 1.54) is 6.92 Å². The van der Waals surface area contributed by atoms with Gasteiger partial charge in [0, 0.05) is 13.5 Å². The zero-order valence-corrected chi connectivity index (χ0v) is 17.4. The van der Waals surface area contributed by atoms with E-state index < -0.39 is 11.6 Å². The Morgan fingerprint density at radius 2 is 1.93 bits per heavy atom. The predicted octanol–water partition coefficient (Wildman–Crippen LogP) is 2.70. The van der Waals surface area contributed by atoms with E-state index in [2.05, 4.69) is 5.32 Å². The van der Waals surface area contributed by atoms with Gasteiger partial charge in [-0.2, -0.15) is 0 Å². The second kappa shape index (κ2) is 9.71. The normalized spacial score (nSPS) is 21.3. The van der Waals surface area contributed by atoms with E-state index in [1.54, 1.807) is 11.8 Å². The number of likely N-dealkylation sites (tertiary alicyclic amines) is 1. The van der Waals surface area contributed by atoms with Gasteiger partial charge < -0.3 is 15.0 Å². The van der Waals surface area contributed by atoms with E-state index >= 15 is 0 Å². The molecule has 0 spiro atoms. The molecule has 3 atom stereocenters. The molecule has 2 rings (SSSR count). The third kappa shape index (κ3) is 4.72. The lowest BCUT2D eigenvalue weighted by Gasteiger charge is -2.35. The first-order chi connectivity index (χ1) is 13.4. The maximum Gasteiger partial charge on any atom is 0.328 e. The molecule has 2 amide bonds. The number of ether oxygens (including phenoxy) is 1. The van der Waals surface area contributed by atoms with Crippen LogP contribution in [0.25, 0.3) is 0 Å². The summed E-state index contributed by atoms with van der Waals surface area (Å²) >= 11 is 0. The first-order valence-corrected chi connectivity index (χ1v) is 10.2. The second-order valence-electron chi connectivity index (χ2n) is 7.50. The fourth-order valence-electron chi connectivity index (χ4n) is 4.01. The van der Waals surface area contributed by atoms with E-state index in [9.17, 15) is 14.4 Å². The van der Waals surface area contributed by atoms with Gasteiger partial charge in [-0.3, -0.25) is 9.59 Å². The number of carbonyl (C=O) groups is 3. The van der Waals surface area contributed by atoms with Gasteiger partial charge in [0.15, 0.2) is 0 Å². The third-order valence-corrected chi connectivity index (χ3v) is 5.73. The van der Waals surface area contributed by atoms with Gasteiger partial charge in [-0.25, -0.2) is 4.79 Å². The Morgan fingerprint density at radius 3 is 2.50 bits per heavy atom. The van der Waals surface area contributed by atoms with Crippen molar-refractivity contribution < 1.29 is 19.1 Å². The summed E-state index contributed by atoms with van der Waals surface area (Å²) in [6.45, 7) is 7.87. The van der Waals surface area contributed by atoms with E-state index in [1.807, 2.05) is 44.2 Å². The van der Waals surface area contributed by atoms with E-state index in [0.29, 0.717) is 25.8 Å². The van der Waals surface area contributed by atoms with E-state index in [0.717, 1.165) is 12.0 Å². The molecule has 0 aliphatic carbocycles. The zero-order chi connectivity index (χ0) is 20.7. The molecule has 154 valence electrons. The molecule has 0 bridgehead atoms. The number of benzene rings is 1. The summed E-state index contributed by atoms with van der Waals surface area (Å²) in [6, 6.07) is 9.24. The highest BCUT2D eigenvalue weighted by atomic mass is 16.5. The number of aryl methyl sites for hydroxylation is 1. The predicted molar refractivity (Wildman–Crippen MR) is 108 cm³/mol. The van der Waals surface area contributed by atoms with Crippen LogP contribution in [0.4, 0.5) is 0 Å². The molecule has 0 aromatic heterocycles. The number of amides is 2. The maximum absolute atomic E-state index is 13.4. The molecule has 1 N–H and O–H groups in total. The SMILES string of the molecule is CCOC(=O)[C@H](CCc1ccccc1)N1CC[C@](NC(C)=O)([C@H](C)CC)C1=O. The largest absolute Gasteiger partial charge is 0.464 e. The number of nitrogens with one attached hydrogen (secondary N) is 1. The Kier molecular flexibility index (Phi) is 7.61. The topological polar surface area (TPSA) is 75.7 Å². The van der Waals surface area contributed by atoms with Crippen molar-refractivity contribution in [3.8, 4) is 0 Å². The minimum atomic E-state index is -0.946. The van der Waals surface area contributed by atoms with E-state index in [-0.39, 0.29) is 30.3 Å². The fourth-order valence-corrected chi connectivity index (χ4v) is 4.01. The molecular formula is C22H32N2O4. The number of nitrogens with zero attached hydrogens (tertiary/aromatic N) is 1. The summed E-state index contributed by atoms with van der Waals surface area (Å²) in [5.74, 6) is -0.809. The molecule has 1 aromatic rings. The van der Waals surface area contributed by atoms with Crippen molar-refractivity contribution in [2.75, 3.05) is 13.2 Å². The van der Waals surface area contributed by atoms with Crippen LogP contribution in [-0.4, -0.2) is 47.4 Å². The molecule has 1 fully saturated rings. The Hall–Kier alpha value is -2.37. The third-order valence-electron chi connectivity index (χ3n) is 5.73. The summed E-state index contributed by atoms with van der Waals surface area (Å²) in [7, 11) is 0. The molecule has 1 aliphatic rings. The van der Waals surface area contributed by atoms with Crippen molar-refractivity contribution in [2.24, 2.45) is 5.92 Å². The van der Waals surface area contributed by atoms with Crippen molar-refractivity contribution in [3.05, 3.63) is 35.9 Å². The van der Waals surface area contributed by atoms with E-state index in [4.69, 9.17) is 4.74 Å². The van der Waals surface area contributed by atoms with Crippen molar-refractivity contribution in [1.29, 1.82) is 0 Å². The first-order valence-electron chi connectivity index (χ1n) is 10.2. The average Bonchev–Trinajstić information content (AvgIpc) is 2.99. The summed E-state index contributed by atoms with van der Waals surface area (Å²) in [5.41, 5.74) is 0.163. The van der Waals surface area contributed by atoms with Gasteiger partial charge in [-0.1, -0.05) is 50.6 Å². The van der Waals surface area contributed by atoms with Gasteiger partial charge in [0.05, 0.1) is 6.61 Å². The van der Waals surface area contributed by atoms with Crippen LogP contribution in [0, 0.1) is 5.92 Å². The minimum absolute atomic E-state index is 0.0223. The van der Waals surface area contributed by atoms with Gasteiger partial charge in [-0.05, 0) is 37.7 Å². The Labute approximate surface area is 167 Å². The lowest BCUT2D eigenvalue weighted by molar-refractivity contribution is -0.155. The monoisotopic (exact) mass is 388 g/mol. The minimum Gasteiger partial charge on any atom is -0.464 e. The van der Waals surface area contributed by atoms with Crippen LogP contribution in [0.2, 0.25) is 0 Å². The summed E-state index contributed by atoms with van der Waals surface area (Å²) in [4.78, 5) is 39.5. The van der Waals surface area contributed by atoms with Crippen LogP contribution in [-0.2, 0) is 25.5 Å². The Morgan fingerprint density at radius 1 is 1.25 bits per heavy atom. The summed E-state index contributed by atoms with van der Waals surface area (Å²) in [6.07, 6.45) is 2.42. The molecule has 1 aromatic carbocycles. The zero-order valence-electron chi connectivity index (χ0n) is 17.4. The molecule has 6 nitrogen and oxygen atoms in total. The second-order valence-corrected chi connectivity index (χ2v) is 7.50. The molecule has 1 heterocycles. The summed E-state index contributed by atoms with van der Waals surface area (Å²) < 4.78 is 5.27. The van der Waals surface area contributed by atoms with Gasteiger partial charge in [0.2, 0.25) is 11.8 Å². The Bertz CT molecular complexity index is 691. The van der Waals surface area contributed by atoms with Crippen LogP contribution < -0.4 is 5.32 Å². The van der Waals surface area contributed by atoms with Crippen LogP contribution in [0.15, 0.2) is 30.3 Å².